The molecule has 0 atom stereocenters. The van der Waals surface area contributed by atoms with Gasteiger partial charge in [-0.3, -0.25) is 4.79 Å². The maximum absolute atomic E-state index is 12.0. The SMILES string of the molecule is COc1c(Cl)cc(C)c(C)c1C1(C(=O)O)CCCCC1. The average molecular weight is 297 g/mol. The van der Waals surface area contributed by atoms with Crippen molar-refractivity contribution in [1.82, 2.24) is 0 Å². The Morgan fingerprint density at radius 2 is 1.90 bits per heavy atom. The molecule has 20 heavy (non-hydrogen) atoms. The molecule has 1 aliphatic carbocycles. The van der Waals surface area contributed by atoms with Gasteiger partial charge in [-0.15, -0.1) is 0 Å². The molecule has 0 amide bonds. The number of rotatable bonds is 3. The number of ether oxygens (including phenoxy) is 1. The average Bonchev–Trinajstić information content (AvgIpc) is 2.43. The van der Waals surface area contributed by atoms with E-state index in [0.717, 1.165) is 36.0 Å². The molecule has 1 aromatic carbocycles. The highest BCUT2D eigenvalue weighted by Gasteiger charge is 2.45. The summed E-state index contributed by atoms with van der Waals surface area (Å²) < 4.78 is 5.45. The third-order valence-corrected chi connectivity index (χ3v) is 4.83. The van der Waals surface area contributed by atoms with E-state index in [2.05, 4.69) is 0 Å². The van der Waals surface area contributed by atoms with Gasteiger partial charge in [0.25, 0.3) is 0 Å². The summed E-state index contributed by atoms with van der Waals surface area (Å²) in [7, 11) is 1.55. The Morgan fingerprint density at radius 1 is 1.30 bits per heavy atom. The first-order valence-corrected chi connectivity index (χ1v) is 7.39. The normalized spacial score (nSPS) is 17.8. The zero-order valence-electron chi connectivity index (χ0n) is 12.3. The number of aliphatic carboxylic acids is 1. The molecule has 1 N–H and O–H groups in total. The molecule has 0 unspecified atom stereocenters. The molecule has 3 nitrogen and oxygen atoms in total. The molecule has 110 valence electrons. The predicted molar refractivity (Wildman–Crippen MR) is 79.9 cm³/mol. The summed E-state index contributed by atoms with van der Waals surface area (Å²) in [6.07, 6.45) is 4.26. The van der Waals surface area contributed by atoms with E-state index < -0.39 is 11.4 Å². The number of carboxylic acids is 1. The maximum atomic E-state index is 12.0. The van der Waals surface area contributed by atoms with Crippen molar-refractivity contribution in [3.05, 3.63) is 27.8 Å². The van der Waals surface area contributed by atoms with Gasteiger partial charge in [0.2, 0.25) is 0 Å². The Morgan fingerprint density at radius 3 is 2.40 bits per heavy atom. The van der Waals surface area contributed by atoms with Gasteiger partial charge in [0.05, 0.1) is 17.5 Å². The van der Waals surface area contributed by atoms with Crippen LogP contribution in [0.15, 0.2) is 6.07 Å². The van der Waals surface area contributed by atoms with Crippen LogP contribution in [0.3, 0.4) is 0 Å². The van der Waals surface area contributed by atoms with Crippen LogP contribution in [0, 0.1) is 13.8 Å². The zero-order valence-corrected chi connectivity index (χ0v) is 13.0. The highest BCUT2D eigenvalue weighted by molar-refractivity contribution is 6.32. The lowest BCUT2D eigenvalue weighted by molar-refractivity contribution is -0.145. The lowest BCUT2D eigenvalue weighted by Crippen LogP contribution is -2.39. The third-order valence-electron chi connectivity index (χ3n) is 4.55. The standard InChI is InChI=1S/C16H21ClO3/c1-10-9-12(17)14(20-3)13(11(10)2)16(15(18)19)7-5-4-6-8-16/h9H,4-8H2,1-3H3,(H,18,19). The Kier molecular flexibility index (Phi) is 4.28. The fraction of sp³-hybridized carbons (Fsp3) is 0.562. The van der Waals surface area contributed by atoms with Crippen LogP contribution >= 0.6 is 11.6 Å². The number of benzene rings is 1. The van der Waals surface area contributed by atoms with E-state index in [1.807, 2.05) is 19.9 Å². The van der Waals surface area contributed by atoms with E-state index in [4.69, 9.17) is 16.3 Å². The fourth-order valence-electron chi connectivity index (χ4n) is 3.35. The van der Waals surface area contributed by atoms with Crippen molar-refractivity contribution >= 4 is 17.6 Å². The topological polar surface area (TPSA) is 46.5 Å². The Balaban J connectivity index is 2.73. The van der Waals surface area contributed by atoms with E-state index in [0.29, 0.717) is 23.6 Å². The number of hydrogen-bond donors (Lipinski definition) is 1. The van der Waals surface area contributed by atoms with Gasteiger partial charge in [0.15, 0.2) is 0 Å². The predicted octanol–water partition coefficient (Wildman–Crippen LogP) is 4.25. The number of carbonyl (C=O) groups is 1. The molecule has 1 fully saturated rings. The first kappa shape index (κ1) is 15.2. The molecule has 4 heteroatoms. The van der Waals surface area contributed by atoms with Gasteiger partial charge < -0.3 is 9.84 Å². The monoisotopic (exact) mass is 296 g/mol. The Hall–Kier alpha value is -1.22. The number of carboxylic acid groups (broad SMARTS) is 1. The van der Waals surface area contributed by atoms with E-state index >= 15 is 0 Å². The molecule has 1 aliphatic rings. The molecular formula is C16H21ClO3. The van der Waals surface area contributed by atoms with E-state index in [-0.39, 0.29) is 0 Å². The van der Waals surface area contributed by atoms with Crippen LogP contribution in [0.1, 0.15) is 48.8 Å². The summed E-state index contributed by atoms with van der Waals surface area (Å²) in [5, 5.41) is 10.4. The summed E-state index contributed by atoms with van der Waals surface area (Å²) in [6.45, 7) is 3.92. The quantitative estimate of drug-likeness (QED) is 0.907. The van der Waals surface area contributed by atoms with Crippen molar-refractivity contribution in [2.24, 2.45) is 0 Å². The maximum Gasteiger partial charge on any atom is 0.314 e. The molecule has 0 aromatic heterocycles. The number of hydrogen-bond acceptors (Lipinski definition) is 2. The first-order valence-electron chi connectivity index (χ1n) is 7.01. The molecule has 0 bridgehead atoms. The number of aryl methyl sites for hydroxylation is 1. The molecule has 0 spiro atoms. The van der Waals surface area contributed by atoms with Gasteiger partial charge in [0, 0.05) is 5.56 Å². The first-order chi connectivity index (χ1) is 9.44. The molecule has 2 rings (SSSR count). The molecule has 1 saturated carbocycles. The number of halogens is 1. The molecule has 0 aliphatic heterocycles. The summed E-state index contributed by atoms with van der Waals surface area (Å²) in [5.74, 6) is -0.237. The lowest BCUT2D eigenvalue weighted by Gasteiger charge is -2.36. The minimum atomic E-state index is -0.858. The van der Waals surface area contributed by atoms with Gasteiger partial charge >= 0.3 is 5.97 Å². The second-order valence-electron chi connectivity index (χ2n) is 5.66. The largest absolute Gasteiger partial charge is 0.495 e. The van der Waals surface area contributed by atoms with Crippen molar-refractivity contribution in [2.45, 2.75) is 51.4 Å². The second kappa shape index (κ2) is 5.65. The van der Waals surface area contributed by atoms with Gasteiger partial charge in [-0.05, 0) is 43.9 Å². The highest BCUT2D eigenvalue weighted by Crippen LogP contribution is 2.48. The van der Waals surface area contributed by atoms with Crippen molar-refractivity contribution in [1.29, 1.82) is 0 Å². The van der Waals surface area contributed by atoms with Crippen LogP contribution in [-0.2, 0) is 10.2 Å². The van der Waals surface area contributed by atoms with Crippen molar-refractivity contribution < 1.29 is 14.6 Å². The van der Waals surface area contributed by atoms with Crippen molar-refractivity contribution in [3.8, 4) is 5.75 Å². The molecule has 0 saturated heterocycles. The summed E-state index contributed by atoms with van der Waals surface area (Å²) in [4.78, 5) is 12.0. The highest BCUT2D eigenvalue weighted by atomic mass is 35.5. The fourth-order valence-corrected chi connectivity index (χ4v) is 3.69. The molecule has 0 radical (unpaired) electrons. The van der Waals surface area contributed by atoms with E-state index in [1.165, 1.54) is 0 Å². The van der Waals surface area contributed by atoms with Gasteiger partial charge in [-0.25, -0.2) is 0 Å². The number of methoxy groups -OCH3 is 1. The van der Waals surface area contributed by atoms with Gasteiger partial charge in [-0.1, -0.05) is 30.9 Å². The molecular weight excluding hydrogens is 276 g/mol. The molecule has 0 heterocycles. The molecule has 1 aromatic rings. The van der Waals surface area contributed by atoms with Crippen LogP contribution in [-0.4, -0.2) is 18.2 Å². The second-order valence-corrected chi connectivity index (χ2v) is 6.06. The summed E-state index contributed by atoms with van der Waals surface area (Å²) in [5.41, 5.74) is 1.91. The van der Waals surface area contributed by atoms with Crippen molar-refractivity contribution in [3.63, 3.8) is 0 Å². The zero-order chi connectivity index (χ0) is 14.9. The smallest absolute Gasteiger partial charge is 0.314 e. The van der Waals surface area contributed by atoms with Gasteiger partial charge in [0.1, 0.15) is 5.75 Å². The minimum Gasteiger partial charge on any atom is -0.495 e. The van der Waals surface area contributed by atoms with Crippen molar-refractivity contribution in [2.75, 3.05) is 7.11 Å². The van der Waals surface area contributed by atoms with E-state index in [1.54, 1.807) is 7.11 Å². The summed E-state index contributed by atoms with van der Waals surface area (Å²) in [6, 6.07) is 1.84. The third kappa shape index (κ3) is 2.28. The summed E-state index contributed by atoms with van der Waals surface area (Å²) >= 11 is 6.27. The van der Waals surface area contributed by atoms with Crippen LogP contribution in [0.25, 0.3) is 0 Å². The Labute approximate surface area is 124 Å². The van der Waals surface area contributed by atoms with Crippen LogP contribution in [0.5, 0.6) is 5.75 Å². The van der Waals surface area contributed by atoms with E-state index in [9.17, 15) is 9.90 Å². The minimum absolute atomic E-state index is 0.497. The van der Waals surface area contributed by atoms with Crippen LogP contribution < -0.4 is 4.74 Å². The van der Waals surface area contributed by atoms with Crippen LogP contribution in [0.2, 0.25) is 5.02 Å². The van der Waals surface area contributed by atoms with Crippen LogP contribution in [0.4, 0.5) is 0 Å². The Bertz CT molecular complexity index is 531. The lowest BCUT2D eigenvalue weighted by atomic mass is 9.67. The van der Waals surface area contributed by atoms with Gasteiger partial charge in [-0.2, -0.15) is 0 Å².